The second-order valence-corrected chi connectivity index (χ2v) is 7.62. The predicted molar refractivity (Wildman–Crippen MR) is 90.7 cm³/mol. The van der Waals surface area contributed by atoms with Crippen LogP contribution in [-0.2, 0) is 19.4 Å². The van der Waals surface area contributed by atoms with Crippen LogP contribution in [0, 0.1) is 11.3 Å². The quantitative estimate of drug-likeness (QED) is 0.856. The third-order valence-corrected chi connectivity index (χ3v) is 4.89. The second kappa shape index (κ2) is 6.79. The number of aromatic nitrogens is 3. The number of carbonyl (C=O) groups is 1. The zero-order chi connectivity index (χ0) is 17.2. The van der Waals surface area contributed by atoms with Gasteiger partial charge in [0.2, 0.25) is 0 Å². The summed E-state index contributed by atoms with van der Waals surface area (Å²) in [5, 5.41) is 11.1. The Morgan fingerprint density at radius 2 is 2.29 bits per heavy atom. The minimum Gasteiger partial charge on any atom is -0.360 e. The average Bonchev–Trinajstić information content (AvgIpc) is 3.19. The molecule has 3 rings (SSSR count). The van der Waals surface area contributed by atoms with Crippen LogP contribution >= 0.6 is 0 Å². The minimum absolute atomic E-state index is 0.130. The van der Waals surface area contributed by atoms with E-state index in [0.29, 0.717) is 18.2 Å². The molecule has 1 aliphatic rings. The van der Waals surface area contributed by atoms with Crippen LogP contribution in [0.5, 0.6) is 0 Å². The van der Waals surface area contributed by atoms with Crippen molar-refractivity contribution < 1.29 is 9.32 Å². The summed E-state index contributed by atoms with van der Waals surface area (Å²) in [5.41, 5.74) is 1.70. The molecule has 0 fully saturated rings. The first-order valence-corrected chi connectivity index (χ1v) is 8.68. The predicted octanol–water partition coefficient (Wildman–Crippen LogP) is 2.84. The molecule has 1 aliphatic carbocycles. The Balaban J connectivity index is 1.57. The zero-order valence-electron chi connectivity index (χ0n) is 14.7. The Hall–Kier alpha value is -2.11. The van der Waals surface area contributed by atoms with Gasteiger partial charge in [-0.2, -0.15) is 5.10 Å². The van der Waals surface area contributed by atoms with E-state index in [2.05, 4.69) is 36.3 Å². The molecule has 0 radical (unpaired) electrons. The number of fused-ring (bicyclic) bond motifs is 1. The summed E-state index contributed by atoms with van der Waals surface area (Å²) in [6.07, 6.45) is 7.35. The van der Waals surface area contributed by atoms with E-state index in [1.165, 1.54) is 0 Å². The van der Waals surface area contributed by atoms with Gasteiger partial charge in [0.25, 0.3) is 5.91 Å². The van der Waals surface area contributed by atoms with E-state index >= 15 is 0 Å². The van der Waals surface area contributed by atoms with Crippen molar-refractivity contribution in [2.24, 2.45) is 11.3 Å². The molecule has 2 aromatic rings. The molecule has 1 N–H and O–H groups in total. The lowest BCUT2D eigenvalue weighted by Gasteiger charge is -2.33. The van der Waals surface area contributed by atoms with Gasteiger partial charge < -0.3 is 9.84 Å². The molecule has 1 amide bonds. The van der Waals surface area contributed by atoms with Crippen molar-refractivity contribution in [1.82, 2.24) is 20.3 Å². The summed E-state index contributed by atoms with van der Waals surface area (Å²) in [6.45, 7) is 8.15. The Bertz CT molecular complexity index is 682. The Morgan fingerprint density at radius 1 is 1.46 bits per heavy atom. The number of hydrogen-bond donors (Lipinski definition) is 1. The summed E-state index contributed by atoms with van der Waals surface area (Å²) in [4.78, 5) is 12.4. The van der Waals surface area contributed by atoms with E-state index in [1.807, 2.05) is 16.9 Å². The monoisotopic (exact) mass is 330 g/mol. The average molecular weight is 330 g/mol. The maximum Gasteiger partial charge on any atom is 0.273 e. The minimum atomic E-state index is -0.130. The van der Waals surface area contributed by atoms with E-state index in [-0.39, 0.29) is 11.3 Å². The van der Waals surface area contributed by atoms with Crippen molar-refractivity contribution >= 4 is 5.91 Å². The number of amides is 1. The van der Waals surface area contributed by atoms with Gasteiger partial charge in [-0.3, -0.25) is 9.48 Å². The first kappa shape index (κ1) is 16.7. The summed E-state index contributed by atoms with van der Waals surface area (Å²) in [7, 11) is 0. The van der Waals surface area contributed by atoms with Crippen molar-refractivity contribution in [3.63, 3.8) is 0 Å². The van der Waals surface area contributed by atoms with E-state index < -0.39 is 0 Å². The number of rotatable bonds is 5. The fourth-order valence-corrected chi connectivity index (χ4v) is 3.28. The SMILES string of the molecule is CC(C)(C)C1CCc2onc(C(=O)NCCCn3cccn3)c2C1. The molecular formula is C18H26N4O2. The van der Waals surface area contributed by atoms with Crippen LogP contribution in [0.1, 0.15) is 55.4 Å². The molecule has 0 saturated heterocycles. The fraction of sp³-hybridized carbons (Fsp3) is 0.611. The number of carbonyl (C=O) groups excluding carboxylic acids is 1. The first-order valence-electron chi connectivity index (χ1n) is 8.68. The van der Waals surface area contributed by atoms with Crippen LogP contribution in [-0.4, -0.2) is 27.4 Å². The van der Waals surface area contributed by atoms with Crippen molar-refractivity contribution in [1.29, 1.82) is 0 Å². The molecule has 24 heavy (non-hydrogen) atoms. The lowest BCUT2D eigenvalue weighted by Crippen LogP contribution is -2.30. The molecule has 2 heterocycles. The molecule has 0 spiro atoms. The van der Waals surface area contributed by atoms with E-state index in [4.69, 9.17) is 4.52 Å². The van der Waals surface area contributed by atoms with E-state index in [9.17, 15) is 4.79 Å². The third-order valence-electron chi connectivity index (χ3n) is 4.89. The molecule has 0 aliphatic heterocycles. The van der Waals surface area contributed by atoms with Gasteiger partial charge in [0.1, 0.15) is 5.76 Å². The molecular weight excluding hydrogens is 304 g/mol. The third kappa shape index (κ3) is 3.68. The van der Waals surface area contributed by atoms with Gasteiger partial charge in [-0.1, -0.05) is 25.9 Å². The molecule has 0 bridgehead atoms. The van der Waals surface area contributed by atoms with Crippen LogP contribution in [0.3, 0.4) is 0 Å². The summed E-state index contributed by atoms with van der Waals surface area (Å²) in [5.74, 6) is 1.31. The van der Waals surface area contributed by atoms with Gasteiger partial charge >= 0.3 is 0 Å². The molecule has 1 unspecified atom stereocenters. The molecule has 6 nitrogen and oxygen atoms in total. The van der Waals surface area contributed by atoms with Gasteiger partial charge in [0.15, 0.2) is 5.69 Å². The highest BCUT2D eigenvalue weighted by Crippen LogP contribution is 2.38. The normalized spacial score (nSPS) is 17.5. The fourth-order valence-electron chi connectivity index (χ4n) is 3.28. The second-order valence-electron chi connectivity index (χ2n) is 7.62. The number of nitrogens with zero attached hydrogens (tertiary/aromatic N) is 3. The Morgan fingerprint density at radius 3 is 3.00 bits per heavy atom. The van der Waals surface area contributed by atoms with Crippen molar-refractivity contribution in [2.75, 3.05) is 6.54 Å². The molecule has 1 atom stereocenters. The lowest BCUT2D eigenvalue weighted by molar-refractivity contribution is 0.0942. The standard InChI is InChI=1S/C18H26N4O2/c1-18(2,3)13-6-7-15-14(12-13)16(21-24-15)17(23)19-8-4-10-22-11-5-9-20-22/h5,9,11,13H,4,6-8,10,12H2,1-3H3,(H,19,23). The molecule has 130 valence electrons. The van der Waals surface area contributed by atoms with E-state index in [1.54, 1.807) is 6.20 Å². The van der Waals surface area contributed by atoms with Gasteiger partial charge in [0, 0.05) is 37.5 Å². The maximum atomic E-state index is 12.4. The molecule has 6 heteroatoms. The Labute approximate surface area is 142 Å². The van der Waals surface area contributed by atoms with Crippen LogP contribution in [0.15, 0.2) is 23.0 Å². The highest BCUT2D eigenvalue weighted by Gasteiger charge is 2.33. The molecule has 0 aromatic carbocycles. The smallest absolute Gasteiger partial charge is 0.273 e. The van der Waals surface area contributed by atoms with Crippen LogP contribution in [0.25, 0.3) is 0 Å². The first-order chi connectivity index (χ1) is 11.4. The van der Waals surface area contributed by atoms with Crippen molar-refractivity contribution in [3.05, 3.63) is 35.5 Å². The number of hydrogen-bond acceptors (Lipinski definition) is 4. The molecule has 2 aromatic heterocycles. The van der Waals surface area contributed by atoms with Crippen molar-refractivity contribution in [2.45, 2.75) is 53.0 Å². The van der Waals surface area contributed by atoms with Gasteiger partial charge in [-0.15, -0.1) is 0 Å². The topological polar surface area (TPSA) is 73.0 Å². The molecule has 0 saturated carbocycles. The highest BCUT2D eigenvalue weighted by molar-refractivity contribution is 5.93. The van der Waals surface area contributed by atoms with E-state index in [0.717, 1.165) is 43.6 Å². The maximum absolute atomic E-state index is 12.4. The van der Waals surface area contributed by atoms with Gasteiger partial charge in [0.05, 0.1) is 0 Å². The van der Waals surface area contributed by atoms with Crippen LogP contribution in [0.4, 0.5) is 0 Å². The van der Waals surface area contributed by atoms with Gasteiger partial charge in [-0.05, 0) is 36.7 Å². The highest BCUT2D eigenvalue weighted by atomic mass is 16.5. The Kier molecular flexibility index (Phi) is 4.73. The number of aryl methyl sites for hydroxylation is 2. The van der Waals surface area contributed by atoms with Crippen LogP contribution < -0.4 is 5.32 Å². The zero-order valence-corrected chi connectivity index (χ0v) is 14.7. The van der Waals surface area contributed by atoms with Crippen molar-refractivity contribution in [3.8, 4) is 0 Å². The van der Waals surface area contributed by atoms with Crippen LogP contribution in [0.2, 0.25) is 0 Å². The summed E-state index contributed by atoms with van der Waals surface area (Å²) < 4.78 is 7.27. The van der Waals surface area contributed by atoms with Gasteiger partial charge in [-0.25, -0.2) is 0 Å². The largest absolute Gasteiger partial charge is 0.360 e. The number of nitrogens with one attached hydrogen (secondary N) is 1. The summed E-state index contributed by atoms with van der Waals surface area (Å²) in [6, 6.07) is 1.89. The summed E-state index contributed by atoms with van der Waals surface area (Å²) >= 11 is 0. The lowest BCUT2D eigenvalue weighted by atomic mass is 9.71.